The van der Waals surface area contributed by atoms with Crippen LogP contribution < -0.4 is 19.3 Å². The number of ether oxygens (including phenoxy) is 2. The Morgan fingerprint density at radius 1 is 0.711 bits per heavy atom. The summed E-state index contributed by atoms with van der Waals surface area (Å²) in [5.74, 6) is 1.86. The Bertz CT molecular complexity index is 1640. The number of benzene rings is 5. The first-order chi connectivity index (χ1) is 18.6. The average molecular weight is 584 g/mol. The monoisotopic (exact) mass is 582 g/mol. The van der Waals surface area contributed by atoms with Gasteiger partial charge in [0.15, 0.2) is 13.5 Å². The fourth-order valence-corrected chi connectivity index (χ4v) is 5.81. The van der Waals surface area contributed by atoms with Gasteiger partial charge in [-0.2, -0.15) is 0 Å². The second-order valence-electron chi connectivity index (χ2n) is 9.67. The topological polar surface area (TPSA) is 24.9 Å². The molecule has 0 bridgehead atoms. The molecule has 2 aliphatic rings. The van der Waals surface area contributed by atoms with Crippen LogP contribution in [0.15, 0.2) is 108 Å². The van der Waals surface area contributed by atoms with Crippen LogP contribution in [-0.2, 0) is 6.54 Å². The van der Waals surface area contributed by atoms with Crippen LogP contribution in [0.2, 0.25) is 5.02 Å². The molecule has 0 saturated heterocycles. The maximum atomic E-state index is 6.35. The van der Waals surface area contributed by atoms with Crippen LogP contribution in [0.5, 0.6) is 11.5 Å². The summed E-state index contributed by atoms with van der Waals surface area (Å²) in [7, 11) is 0. The van der Waals surface area contributed by atoms with E-state index in [1.54, 1.807) is 0 Å². The van der Waals surface area contributed by atoms with Gasteiger partial charge in [-0.25, -0.2) is 0 Å². The van der Waals surface area contributed by atoms with Crippen molar-refractivity contribution in [1.82, 2.24) is 0 Å². The lowest BCUT2D eigenvalue weighted by molar-refractivity contribution is 0.277. The van der Waals surface area contributed by atoms with Crippen molar-refractivity contribution >= 4 is 49.7 Å². The highest BCUT2D eigenvalue weighted by Crippen LogP contribution is 2.44. The molecule has 0 radical (unpaired) electrons. The Balaban J connectivity index is 1.33. The van der Waals surface area contributed by atoms with Crippen molar-refractivity contribution in [3.63, 3.8) is 0 Å². The van der Waals surface area contributed by atoms with Crippen molar-refractivity contribution in [2.24, 2.45) is 0 Å². The van der Waals surface area contributed by atoms with E-state index < -0.39 is 0 Å². The molecular formula is C32H24BrClN2O2. The lowest BCUT2D eigenvalue weighted by Gasteiger charge is -2.40. The molecule has 0 spiro atoms. The van der Waals surface area contributed by atoms with Crippen molar-refractivity contribution in [1.29, 1.82) is 0 Å². The molecule has 0 aliphatic carbocycles. The first-order valence-electron chi connectivity index (χ1n) is 12.6. The van der Waals surface area contributed by atoms with Crippen LogP contribution in [0.3, 0.4) is 0 Å². The Hall–Kier alpha value is -3.67. The molecule has 5 aromatic carbocycles. The molecule has 2 heterocycles. The molecule has 0 saturated carbocycles. The third-order valence-electron chi connectivity index (χ3n) is 7.33. The van der Waals surface area contributed by atoms with Crippen LogP contribution in [0.4, 0.5) is 11.4 Å². The van der Waals surface area contributed by atoms with Crippen LogP contribution in [0.1, 0.15) is 22.7 Å². The lowest BCUT2D eigenvalue weighted by atomic mass is 9.91. The van der Waals surface area contributed by atoms with Crippen molar-refractivity contribution in [2.75, 3.05) is 23.3 Å². The maximum absolute atomic E-state index is 6.35. The van der Waals surface area contributed by atoms with Crippen molar-refractivity contribution < 1.29 is 9.47 Å². The standard InChI is InChI=1S/C32H24BrClN2O2/c33-25-6-10-28(11-7-25)36-20-38-31-17-22-4-2-1-3-21(22)16-29(31)32(36)23-5-14-30-24(15-23)18-35(19-37-30)27-12-8-26(34)9-13-27/h1-17,32H,18-20H2. The van der Waals surface area contributed by atoms with Crippen LogP contribution in [-0.4, -0.2) is 13.5 Å². The van der Waals surface area contributed by atoms with Gasteiger partial charge in [0.2, 0.25) is 0 Å². The van der Waals surface area contributed by atoms with Gasteiger partial charge < -0.3 is 19.3 Å². The van der Waals surface area contributed by atoms with E-state index in [2.05, 4.69) is 105 Å². The predicted octanol–water partition coefficient (Wildman–Crippen LogP) is 8.56. The summed E-state index contributed by atoms with van der Waals surface area (Å²) in [6, 6.07) is 35.8. The molecule has 1 unspecified atom stereocenters. The fraction of sp³-hybridized carbons (Fsp3) is 0.125. The van der Waals surface area contributed by atoms with Crippen molar-refractivity contribution in [3.8, 4) is 11.5 Å². The van der Waals surface area contributed by atoms with Gasteiger partial charge >= 0.3 is 0 Å². The van der Waals surface area contributed by atoms with Gasteiger partial charge in [0, 0.05) is 38.5 Å². The van der Waals surface area contributed by atoms with E-state index in [1.165, 1.54) is 16.3 Å². The number of nitrogens with zero attached hydrogens (tertiary/aromatic N) is 2. The zero-order chi connectivity index (χ0) is 25.6. The van der Waals surface area contributed by atoms with Crippen molar-refractivity contribution in [2.45, 2.75) is 12.6 Å². The predicted molar refractivity (Wildman–Crippen MR) is 157 cm³/mol. The highest BCUT2D eigenvalue weighted by atomic mass is 79.9. The summed E-state index contributed by atoms with van der Waals surface area (Å²) in [6.45, 7) is 1.73. The largest absolute Gasteiger partial charge is 0.473 e. The summed E-state index contributed by atoms with van der Waals surface area (Å²) in [4.78, 5) is 4.55. The van der Waals surface area contributed by atoms with E-state index in [0.717, 1.165) is 50.0 Å². The molecule has 4 nitrogen and oxygen atoms in total. The van der Waals surface area contributed by atoms with E-state index in [-0.39, 0.29) is 6.04 Å². The molecule has 38 heavy (non-hydrogen) atoms. The zero-order valence-corrected chi connectivity index (χ0v) is 22.8. The molecule has 1 atom stereocenters. The Labute approximate surface area is 235 Å². The molecule has 188 valence electrons. The lowest BCUT2D eigenvalue weighted by Crippen LogP contribution is -2.37. The quantitative estimate of drug-likeness (QED) is 0.212. The van der Waals surface area contributed by atoms with Gasteiger partial charge in [-0.05, 0) is 89.1 Å². The van der Waals surface area contributed by atoms with Gasteiger partial charge in [0.25, 0.3) is 0 Å². The van der Waals surface area contributed by atoms with Gasteiger partial charge in [0.05, 0.1) is 6.04 Å². The molecule has 0 amide bonds. The summed E-state index contributed by atoms with van der Waals surface area (Å²) in [6.07, 6.45) is 0. The van der Waals surface area contributed by atoms with Crippen LogP contribution in [0.25, 0.3) is 10.8 Å². The smallest absolute Gasteiger partial charge is 0.162 e. The highest BCUT2D eigenvalue weighted by Gasteiger charge is 2.32. The van der Waals surface area contributed by atoms with Gasteiger partial charge in [0.1, 0.15) is 11.5 Å². The van der Waals surface area contributed by atoms with E-state index in [1.807, 2.05) is 24.3 Å². The first-order valence-corrected chi connectivity index (χ1v) is 13.7. The summed E-state index contributed by atoms with van der Waals surface area (Å²) in [5.41, 5.74) is 5.71. The van der Waals surface area contributed by atoms with Gasteiger partial charge in [-0.3, -0.25) is 0 Å². The Kier molecular flexibility index (Phi) is 5.91. The highest BCUT2D eigenvalue weighted by molar-refractivity contribution is 9.10. The summed E-state index contributed by atoms with van der Waals surface area (Å²) < 4.78 is 13.6. The maximum Gasteiger partial charge on any atom is 0.162 e. The van der Waals surface area contributed by atoms with Gasteiger partial charge in [-0.15, -0.1) is 0 Å². The Morgan fingerprint density at radius 2 is 1.42 bits per heavy atom. The molecule has 2 aliphatic heterocycles. The first kappa shape index (κ1) is 23.4. The third kappa shape index (κ3) is 4.26. The zero-order valence-electron chi connectivity index (χ0n) is 20.5. The molecule has 7 rings (SSSR count). The van der Waals surface area contributed by atoms with E-state index >= 15 is 0 Å². The fourth-order valence-electron chi connectivity index (χ4n) is 5.42. The average Bonchev–Trinajstić information content (AvgIpc) is 2.96. The second kappa shape index (κ2) is 9.57. The minimum Gasteiger partial charge on any atom is -0.473 e. The number of rotatable bonds is 3. The number of halogens is 2. The third-order valence-corrected chi connectivity index (χ3v) is 8.11. The molecule has 6 heteroatoms. The summed E-state index contributed by atoms with van der Waals surface area (Å²) >= 11 is 9.70. The molecule has 0 fully saturated rings. The number of hydrogen-bond donors (Lipinski definition) is 0. The van der Waals surface area contributed by atoms with E-state index in [9.17, 15) is 0 Å². The van der Waals surface area contributed by atoms with Crippen molar-refractivity contribution in [3.05, 3.63) is 129 Å². The second-order valence-corrected chi connectivity index (χ2v) is 11.0. The van der Waals surface area contributed by atoms with E-state index in [0.29, 0.717) is 13.5 Å². The van der Waals surface area contributed by atoms with E-state index in [4.69, 9.17) is 21.1 Å². The Morgan fingerprint density at radius 3 is 2.21 bits per heavy atom. The molecule has 0 N–H and O–H groups in total. The minimum atomic E-state index is -0.0132. The summed E-state index contributed by atoms with van der Waals surface area (Å²) in [5, 5.41) is 3.11. The number of hydrogen-bond acceptors (Lipinski definition) is 4. The van der Waals surface area contributed by atoms with Gasteiger partial charge in [-0.1, -0.05) is 57.9 Å². The van der Waals surface area contributed by atoms with Crippen LogP contribution >= 0.6 is 27.5 Å². The minimum absolute atomic E-state index is 0.0132. The molecule has 0 aromatic heterocycles. The molecule has 5 aromatic rings. The number of fused-ring (bicyclic) bond motifs is 3. The van der Waals surface area contributed by atoms with Crippen LogP contribution in [0, 0.1) is 0 Å². The number of anilines is 2. The normalized spacial score (nSPS) is 16.4. The molecular weight excluding hydrogens is 560 g/mol. The SMILES string of the molecule is Clc1ccc(N2COc3ccc(C4c5cc6ccccc6cc5OCN4c4ccc(Br)cc4)cc3C2)cc1.